The Morgan fingerprint density at radius 2 is 1.62 bits per heavy atom. The van der Waals surface area contributed by atoms with E-state index < -0.39 is 10.0 Å². The van der Waals surface area contributed by atoms with Crippen molar-refractivity contribution in [3.8, 4) is 0 Å². The molecule has 0 aromatic heterocycles. The number of nitrogens with two attached hydrogens (primary N) is 2. The van der Waals surface area contributed by atoms with Crippen LogP contribution in [0, 0.1) is 0 Å². The van der Waals surface area contributed by atoms with Crippen LogP contribution in [0.1, 0.15) is 0 Å². The highest BCUT2D eigenvalue weighted by Gasteiger charge is 2.14. The van der Waals surface area contributed by atoms with Gasteiger partial charge in [-0.2, -0.15) is 0 Å². The molecule has 0 bridgehead atoms. The summed E-state index contributed by atoms with van der Waals surface area (Å²) >= 11 is 11.2. The summed E-state index contributed by atoms with van der Waals surface area (Å²) in [4.78, 5) is -0.220. The molecule has 0 amide bonds. The average molecular weight is 241 g/mol. The van der Waals surface area contributed by atoms with Crippen LogP contribution in [0.15, 0.2) is 17.0 Å². The Labute approximate surface area is 85.5 Å². The SMILES string of the molecule is Nc1cc(Cl)c(Cl)cc1S(N)(=O)=O. The Kier molecular flexibility index (Phi) is 2.72. The van der Waals surface area contributed by atoms with Gasteiger partial charge in [0.15, 0.2) is 0 Å². The average Bonchev–Trinajstić information content (AvgIpc) is 1.94. The lowest BCUT2D eigenvalue weighted by Crippen LogP contribution is -2.14. The molecule has 0 radical (unpaired) electrons. The van der Waals surface area contributed by atoms with Gasteiger partial charge < -0.3 is 5.73 Å². The van der Waals surface area contributed by atoms with Crippen molar-refractivity contribution in [2.45, 2.75) is 4.90 Å². The molecule has 13 heavy (non-hydrogen) atoms. The standard InChI is InChI=1S/C6H6Cl2N2O2S/c7-3-1-5(9)6(2-4(3)8)13(10,11)12/h1-2H,9H2,(H2,10,11,12). The van der Waals surface area contributed by atoms with Gasteiger partial charge in [-0.1, -0.05) is 23.2 Å². The summed E-state index contributed by atoms with van der Waals surface area (Å²) in [6.07, 6.45) is 0. The van der Waals surface area contributed by atoms with E-state index in [2.05, 4.69) is 0 Å². The van der Waals surface area contributed by atoms with Gasteiger partial charge in [-0.15, -0.1) is 0 Å². The predicted octanol–water partition coefficient (Wildman–Crippen LogP) is 1.22. The molecule has 1 rings (SSSR count). The number of sulfonamides is 1. The number of hydrogen-bond acceptors (Lipinski definition) is 3. The van der Waals surface area contributed by atoms with Crippen molar-refractivity contribution in [1.29, 1.82) is 0 Å². The van der Waals surface area contributed by atoms with Crippen molar-refractivity contribution in [2.24, 2.45) is 5.14 Å². The smallest absolute Gasteiger partial charge is 0.240 e. The molecule has 0 aliphatic heterocycles. The topological polar surface area (TPSA) is 86.2 Å². The fraction of sp³-hybridized carbons (Fsp3) is 0. The van der Waals surface area contributed by atoms with Crippen molar-refractivity contribution >= 4 is 38.9 Å². The first-order valence-electron chi connectivity index (χ1n) is 3.09. The van der Waals surface area contributed by atoms with Crippen molar-refractivity contribution in [2.75, 3.05) is 5.73 Å². The van der Waals surface area contributed by atoms with Crippen LogP contribution in [0.25, 0.3) is 0 Å². The van der Waals surface area contributed by atoms with Gasteiger partial charge in [0.2, 0.25) is 10.0 Å². The van der Waals surface area contributed by atoms with Crippen LogP contribution in [-0.2, 0) is 10.0 Å². The first-order chi connectivity index (χ1) is 5.82. The highest BCUT2D eigenvalue weighted by atomic mass is 35.5. The van der Waals surface area contributed by atoms with E-state index >= 15 is 0 Å². The summed E-state index contributed by atoms with van der Waals surface area (Å²) in [5.41, 5.74) is 5.36. The van der Waals surface area contributed by atoms with E-state index in [1.54, 1.807) is 0 Å². The van der Waals surface area contributed by atoms with Gasteiger partial charge in [-0.25, -0.2) is 13.6 Å². The minimum Gasteiger partial charge on any atom is -0.398 e. The Morgan fingerprint density at radius 1 is 1.15 bits per heavy atom. The summed E-state index contributed by atoms with van der Waals surface area (Å²) in [5.74, 6) is 0. The van der Waals surface area contributed by atoms with Crippen LogP contribution in [-0.4, -0.2) is 8.42 Å². The molecule has 0 aliphatic carbocycles. The van der Waals surface area contributed by atoms with E-state index in [-0.39, 0.29) is 20.6 Å². The van der Waals surface area contributed by atoms with Crippen molar-refractivity contribution in [1.82, 2.24) is 0 Å². The second-order valence-corrected chi connectivity index (χ2v) is 4.69. The Hall–Kier alpha value is -0.490. The fourth-order valence-corrected chi connectivity index (χ4v) is 1.86. The van der Waals surface area contributed by atoms with Gasteiger partial charge in [-0.3, -0.25) is 0 Å². The van der Waals surface area contributed by atoms with E-state index in [9.17, 15) is 8.42 Å². The molecule has 7 heteroatoms. The highest BCUT2D eigenvalue weighted by molar-refractivity contribution is 7.89. The number of hydrogen-bond donors (Lipinski definition) is 2. The molecule has 1 aromatic carbocycles. The third-order valence-corrected chi connectivity index (χ3v) is 3.05. The maximum atomic E-state index is 10.9. The Bertz CT molecular complexity index is 444. The lowest BCUT2D eigenvalue weighted by molar-refractivity contribution is 0.598. The molecule has 0 spiro atoms. The molecule has 0 saturated heterocycles. The summed E-state index contributed by atoms with van der Waals surface area (Å²) in [7, 11) is -3.84. The molecule has 0 fully saturated rings. The van der Waals surface area contributed by atoms with Crippen molar-refractivity contribution < 1.29 is 8.42 Å². The number of rotatable bonds is 1. The van der Waals surface area contributed by atoms with Crippen LogP contribution in [0.3, 0.4) is 0 Å². The summed E-state index contributed by atoms with van der Waals surface area (Å²) < 4.78 is 21.8. The zero-order valence-corrected chi connectivity index (χ0v) is 8.62. The minimum atomic E-state index is -3.84. The van der Waals surface area contributed by atoms with Crippen LogP contribution in [0.4, 0.5) is 5.69 Å². The monoisotopic (exact) mass is 240 g/mol. The molecular weight excluding hydrogens is 235 g/mol. The molecule has 4 N–H and O–H groups in total. The van der Waals surface area contributed by atoms with E-state index in [1.165, 1.54) is 6.07 Å². The Balaban J connectivity index is 3.50. The lowest BCUT2D eigenvalue weighted by Gasteiger charge is -2.04. The summed E-state index contributed by atoms with van der Waals surface area (Å²) in [6.45, 7) is 0. The van der Waals surface area contributed by atoms with E-state index in [0.717, 1.165) is 6.07 Å². The second-order valence-electron chi connectivity index (χ2n) is 2.35. The number of nitrogen functional groups attached to an aromatic ring is 1. The summed E-state index contributed by atoms with van der Waals surface area (Å²) in [6, 6.07) is 2.36. The van der Waals surface area contributed by atoms with Gasteiger partial charge in [0.05, 0.1) is 15.7 Å². The predicted molar refractivity (Wildman–Crippen MR) is 52.2 cm³/mol. The van der Waals surface area contributed by atoms with Crippen molar-refractivity contribution in [3.63, 3.8) is 0 Å². The minimum absolute atomic E-state index is 0.0168. The highest BCUT2D eigenvalue weighted by Crippen LogP contribution is 2.29. The third-order valence-electron chi connectivity index (χ3n) is 1.36. The molecule has 0 atom stereocenters. The molecule has 4 nitrogen and oxygen atoms in total. The van der Waals surface area contributed by atoms with Crippen LogP contribution < -0.4 is 10.9 Å². The number of anilines is 1. The first kappa shape index (κ1) is 10.6. The van der Waals surface area contributed by atoms with Gasteiger partial charge in [-0.05, 0) is 12.1 Å². The number of halogens is 2. The van der Waals surface area contributed by atoms with Gasteiger partial charge >= 0.3 is 0 Å². The maximum Gasteiger partial charge on any atom is 0.240 e. The molecular formula is C6H6Cl2N2O2S. The third kappa shape index (κ3) is 2.25. The molecule has 72 valence electrons. The quantitative estimate of drug-likeness (QED) is 0.725. The van der Waals surface area contributed by atoms with Crippen LogP contribution in [0.2, 0.25) is 10.0 Å². The van der Waals surface area contributed by atoms with E-state index in [4.69, 9.17) is 34.1 Å². The maximum absolute atomic E-state index is 10.9. The van der Waals surface area contributed by atoms with E-state index in [1.807, 2.05) is 0 Å². The van der Waals surface area contributed by atoms with Crippen LogP contribution >= 0.6 is 23.2 Å². The fourth-order valence-electron chi connectivity index (χ4n) is 0.790. The van der Waals surface area contributed by atoms with Gasteiger partial charge in [0.1, 0.15) is 4.90 Å². The summed E-state index contributed by atoms with van der Waals surface area (Å²) in [5, 5.41) is 5.15. The second kappa shape index (κ2) is 3.34. The van der Waals surface area contributed by atoms with Crippen LogP contribution in [0.5, 0.6) is 0 Å². The largest absolute Gasteiger partial charge is 0.398 e. The van der Waals surface area contributed by atoms with E-state index in [0.29, 0.717) is 0 Å². The van der Waals surface area contributed by atoms with Gasteiger partial charge in [0, 0.05) is 0 Å². The number of benzene rings is 1. The molecule has 0 aliphatic rings. The lowest BCUT2D eigenvalue weighted by atomic mass is 10.3. The van der Waals surface area contributed by atoms with Gasteiger partial charge in [0.25, 0.3) is 0 Å². The van der Waals surface area contributed by atoms with Crippen molar-refractivity contribution in [3.05, 3.63) is 22.2 Å². The number of primary sulfonamides is 1. The zero-order chi connectivity index (χ0) is 10.2. The normalized spacial score (nSPS) is 11.6. The Morgan fingerprint density at radius 3 is 2.08 bits per heavy atom. The molecule has 0 saturated carbocycles. The first-order valence-corrected chi connectivity index (χ1v) is 5.40. The molecule has 1 aromatic rings. The molecule has 0 heterocycles. The molecule has 0 unspecified atom stereocenters. The zero-order valence-electron chi connectivity index (χ0n) is 6.29.